The van der Waals surface area contributed by atoms with E-state index >= 15 is 0 Å². The number of hydrogen-bond donors (Lipinski definition) is 0. The molecule has 0 fully saturated rings. The molecule has 4 heteroatoms. The summed E-state index contributed by atoms with van der Waals surface area (Å²) < 4.78 is 7.25. The third-order valence-corrected chi connectivity index (χ3v) is 16.8. The van der Waals surface area contributed by atoms with Crippen LogP contribution in [0.4, 0.5) is 0 Å². The van der Waals surface area contributed by atoms with Crippen molar-refractivity contribution < 1.29 is 4.42 Å². The molecule has 0 unspecified atom stereocenters. The molecular weight excluding hydrogens is 875 g/mol. The lowest BCUT2D eigenvalue weighted by Gasteiger charge is -2.48. The van der Waals surface area contributed by atoms with Crippen LogP contribution in [-0.2, 0) is 16.2 Å². The summed E-state index contributed by atoms with van der Waals surface area (Å²) in [6.07, 6.45) is 0. The highest BCUT2D eigenvalue weighted by atomic mass is 16.3. The van der Waals surface area contributed by atoms with E-state index in [1.54, 1.807) is 0 Å². The van der Waals surface area contributed by atoms with Gasteiger partial charge in [-0.3, -0.25) is 0 Å². The number of aromatic nitrogens is 3. The molecule has 2 spiro atoms. The Kier molecular flexibility index (Phi) is 7.79. The number of nitrogens with zero attached hydrogens (tertiary/aromatic N) is 3. The summed E-state index contributed by atoms with van der Waals surface area (Å²) in [5, 5.41) is 2.20. The second-order valence-electron chi connectivity index (χ2n) is 20.5. The fraction of sp³-hybridized carbons (Fsp3) is 0.0735. The first-order chi connectivity index (χ1) is 35.5. The van der Waals surface area contributed by atoms with E-state index in [2.05, 4.69) is 232 Å². The molecule has 4 aliphatic rings. The maximum atomic E-state index is 7.25. The molecule has 4 nitrogen and oxygen atoms in total. The van der Waals surface area contributed by atoms with E-state index in [9.17, 15) is 0 Å². The van der Waals surface area contributed by atoms with Crippen LogP contribution in [0.1, 0.15) is 69.5 Å². The molecule has 0 atom stereocenters. The normalized spacial score (nSPS) is 15.1. The van der Waals surface area contributed by atoms with E-state index in [0.717, 1.165) is 55.3 Å². The van der Waals surface area contributed by atoms with Crippen molar-refractivity contribution in [1.29, 1.82) is 0 Å². The molecule has 4 aliphatic carbocycles. The quantitative estimate of drug-likeness (QED) is 0.177. The molecule has 10 aromatic carbocycles. The summed E-state index contributed by atoms with van der Waals surface area (Å²) in [4.78, 5) is 16.3. The van der Waals surface area contributed by atoms with Gasteiger partial charge in [0.25, 0.3) is 0 Å². The lowest BCUT2D eigenvalue weighted by Crippen LogP contribution is -2.43. The van der Waals surface area contributed by atoms with E-state index in [4.69, 9.17) is 19.4 Å². The van der Waals surface area contributed by atoms with Gasteiger partial charge < -0.3 is 4.42 Å². The van der Waals surface area contributed by atoms with Crippen molar-refractivity contribution in [1.82, 2.24) is 15.0 Å². The number of rotatable bonds is 3. The fourth-order valence-electron chi connectivity index (χ4n) is 14.0. The summed E-state index contributed by atoms with van der Waals surface area (Å²) in [7, 11) is 0. The number of fused-ring (bicyclic) bond motifs is 23. The minimum absolute atomic E-state index is 0.186. The Morgan fingerprint density at radius 2 is 0.806 bits per heavy atom. The zero-order valence-electron chi connectivity index (χ0n) is 39.6. The van der Waals surface area contributed by atoms with Gasteiger partial charge in [0.15, 0.2) is 17.5 Å². The Bertz CT molecular complexity index is 4230. The summed E-state index contributed by atoms with van der Waals surface area (Å²) in [6, 6.07) is 82.4. The van der Waals surface area contributed by atoms with E-state index in [1.807, 2.05) is 6.07 Å². The number of furan rings is 1. The minimum Gasteiger partial charge on any atom is -0.456 e. The van der Waals surface area contributed by atoms with Crippen molar-refractivity contribution in [2.24, 2.45) is 0 Å². The third kappa shape index (κ3) is 4.84. The molecule has 336 valence electrons. The first-order valence-corrected chi connectivity index (χ1v) is 25.0. The van der Waals surface area contributed by atoms with Gasteiger partial charge >= 0.3 is 0 Å². The van der Waals surface area contributed by atoms with Crippen LogP contribution in [0.3, 0.4) is 0 Å². The predicted octanol–water partition coefficient (Wildman–Crippen LogP) is 16.1. The number of para-hydroxylation sites is 1. The van der Waals surface area contributed by atoms with Gasteiger partial charge in [-0.25, -0.2) is 15.0 Å². The molecule has 0 saturated carbocycles. The monoisotopic (exact) mass is 917 g/mol. The molecule has 0 aliphatic heterocycles. The van der Waals surface area contributed by atoms with E-state index in [-0.39, 0.29) is 5.41 Å². The summed E-state index contributed by atoms with van der Waals surface area (Å²) in [5.41, 5.74) is 22.9. The molecule has 12 aromatic rings. The molecule has 0 radical (unpaired) electrons. The van der Waals surface area contributed by atoms with Crippen LogP contribution in [0, 0.1) is 0 Å². The van der Waals surface area contributed by atoms with Crippen LogP contribution >= 0.6 is 0 Å². The molecular formula is C68H43N3O. The van der Waals surface area contributed by atoms with Crippen molar-refractivity contribution in [3.05, 3.63) is 280 Å². The SMILES string of the molecule is CC1(C)c2ccccc2-c2ccc(-c3nc(-c4ccccc4)nc(-c4cccc5c4-c4ccc6c(oc7ccccc76)c4C54c5ccccc5C5(c6ccccc6-c6ccccc65)c5ccccc54)n3)cc21. The molecule has 0 saturated heterocycles. The second kappa shape index (κ2) is 14.1. The summed E-state index contributed by atoms with van der Waals surface area (Å²) in [6.45, 7) is 4.64. The second-order valence-corrected chi connectivity index (χ2v) is 20.5. The first kappa shape index (κ1) is 39.8. The first-order valence-electron chi connectivity index (χ1n) is 25.0. The van der Waals surface area contributed by atoms with Crippen LogP contribution in [-0.4, -0.2) is 15.0 Å². The van der Waals surface area contributed by atoms with E-state index in [1.165, 1.54) is 72.3 Å². The summed E-state index contributed by atoms with van der Waals surface area (Å²) in [5.74, 6) is 1.89. The molecule has 0 amide bonds. The Hall–Kier alpha value is -8.99. The van der Waals surface area contributed by atoms with Crippen LogP contribution in [0.5, 0.6) is 0 Å². The van der Waals surface area contributed by atoms with E-state index < -0.39 is 10.8 Å². The Morgan fingerprint density at radius 1 is 0.319 bits per heavy atom. The zero-order chi connectivity index (χ0) is 47.5. The Balaban J connectivity index is 1.02. The van der Waals surface area contributed by atoms with Gasteiger partial charge in [0.2, 0.25) is 0 Å². The third-order valence-electron chi connectivity index (χ3n) is 16.8. The van der Waals surface area contributed by atoms with Gasteiger partial charge in [-0.15, -0.1) is 0 Å². The average molecular weight is 918 g/mol. The lowest BCUT2D eigenvalue weighted by molar-refractivity contribution is 0.614. The lowest BCUT2D eigenvalue weighted by atomic mass is 9.52. The highest BCUT2D eigenvalue weighted by Crippen LogP contribution is 2.69. The van der Waals surface area contributed by atoms with Gasteiger partial charge in [0.05, 0.1) is 10.8 Å². The van der Waals surface area contributed by atoms with Crippen molar-refractivity contribution in [3.8, 4) is 67.5 Å². The zero-order valence-corrected chi connectivity index (χ0v) is 39.6. The molecule has 16 rings (SSSR count). The highest BCUT2D eigenvalue weighted by Gasteiger charge is 2.60. The van der Waals surface area contributed by atoms with Crippen molar-refractivity contribution in [2.75, 3.05) is 0 Å². The van der Waals surface area contributed by atoms with Crippen molar-refractivity contribution >= 4 is 21.9 Å². The van der Waals surface area contributed by atoms with Gasteiger partial charge in [-0.05, 0) is 102 Å². The Morgan fingerprint density at radius 3 is 1.49 bits per heavy atom. The number of hydrogen-bond acceptors (Lipinski definition) is 4. The topological polar surface area (TPSA) is 51.8 Å². The molecule has 2 aromatic heterocycles. The average Bonchev–Trinajstić information content (AvgIpc) is 4.13. The molecule has 0 N–H and O–H groups in total. The van der Waals surface area contributed by atoms with Crippen LogP contribution in [0.25, 0.3) is 89.5 Å². The molecule has 0 bridgehead atoms. The Labute approximate surface area is 417 Å². The van der Waals surface area contributed by atoms with Crippen molar-refractivity contribution in [3.63, 3.8) is 0 Å². The van der Waals surface area contributed by atoms with E-state index in [0.29, 0.717) is 17.5 Å². The number of benzene rings is 10. The van der Waals surface area contributed by atoms with Crippen LogP contribution < -0.4 is 0 Å². The molecule has 2 heterocycles. The van der Waals surface area contributed by atoms with Gasteiger partial charge in [0.1, 0.15) is 11.2 Å². The fourth-order valence-corrected chi connectivity index (χ4v) is 14.0. The molecule has 72 heavy (non-hydrogen) atoms. The highest BCUT2D eigenvalue weighted by molar-refractivity contribution is 6.11. The standard InChI is InChI=1S/C68H43N3O/c1-66(2)50-26-10-6-21-42(50)45-36-35-41(39-58(45)66)64-69-63(40-19-4-3-5-20-40)70-65(71-64)49-25-18-33-57-60(49)48-38-37-47-46-24-9-17-34-59(46)72-62(47)61(48)68(57)55-31-15-13-29-53(55)67(54-30-14-16-32-56(54)68)51-27-11-7-22-43(51)44-23-8-12-28-52(44)67/h3-39H,1-2H3. The largest absolute Gasteiger partial charge is 0.456 e. The smallest absolute Gasteiger partial charge is 0.164 e. The van der Waals surface area contributed by atoms with Gasteiger partial charge in [-0.1, -0.05) is 220 Å². The minimum atomic E-state index is -0.808. The predicted molar refractivity (Wildman–Crippen MR) is 289 cm³/mol. The summed E-state index contributed by atoms with van der Waals surface area (Å²) >= 11 is 0. The van der Waals surface area contributed by atoms with Crippen molar-refractivity contribution in [2.45, 2.75) is 30.1 Å². The maximum absolute atomic E-state index is 7.25. The van der Waals surface area contributed by atoms with Crippen LogP contribution in [0.15, 0.2) is 229 Å². The van der Waals surface area contributed by atoms with Crippen LogP contribution in [0.2, 0.25) is 0 Å². The van der Waals surface area contributed by atoms with Gasteiger partial charge in [-0.2, -0.15) is 0 Å². The van der Waals surface area contributed by atoms with Gasteiger partial charge in [0, 0.05) is 38.4 Å². The maximum Gasteiger partial charge on any atom is 0.164 e.